The van der Waals surface area contributed by atoms with Gasteiger partial charge in [0.15, 0.2) is 0 Å². The molecular weight excluding hydrogens is 322 g/mol. The highest BCUT2D eigenvalue weighted by atomic mass is 35.5. The third-order valence-electron chi connectivity index (χ3n) is 5.47. The topological polar surface area (TPSA) is 58.4 Å². The minimum atomic E-state index is 0.139. The Morgan fingerprint density at radius 2 is 1.96 bits per heavy atom. The lowest BCUT2D eigenvalue weighted by atomic mass is 9.96. The molecule has 0 bridgehead atoms. The SMILES string of the molecule is NC1CCC(C(=O)NCC2CCN(Cc3ccccc3Cl)CC2)C1. The van der Waals surface area contributed by atoms with E-state index < -0.39 is 0 Å². The Kier molecular flexibility index (Phi) is 6.14. The largest absolute Gasteiger partial charge is 0.356 e. The number of nitrogens with one attached hydrogen (secondary N) is 1. The van der Waals surface area contributed by atoms with Gasteiger partial charge in [0.05, 0.1) is 0 Å². The van der Waals surface area contributed by atoms with Crippen LogP contribution in [0, 0.1) is 11.8 Å². The van der Waals surface area contributed by atoms with Gasteiger partial charge in [-0.2, -0.15) is 0 Å². The summed E-state index contributed by atoms with van der Waals surface area (Å²) in [6.07, 6.45) is 5.05. The Morgan fingerprint density at radius 3 is 2.62 bits per heavy atom. The van der Waals surface area contributed by atoms with Gasteiger partial charge in [0, 0.05) is 30.1 Å². The van der Waals surface area contributed by atoms with E-state index in [9.17, 15) is 4.79 Å². The molecule has 1 aliphatic carbocycles. The number of carbonyl (C=O) groups excluding carboxylic acids is 1. The third kappa shape index (κ3) is 4.71. The second kappa shape index (κ2) is 8.32. The van der Waals surface area contributed by atoms with Gasteiger partial charge in [-0.15, -0.1) is 0 Å². The van der Waals surface area contributed by atoms with Crippen LogP contribution in [0.5, 0.6) is 0 Å². The number of benzene rings is 1. The summed E-state index contributed by atoms with van der Waals surface area (Å²) in [4.78, 5) is 14.6. The molecule has 1 aliphatic heterocycles. The standard InChI is InChI=1S/C19H28ClN3O/c20-18-4-2-1-3-16(18)13-23-9-7-14(8-10-23)12-22-19(24)15-5-6-17(21)11-15/h1-4,14-15,17H,5-13,21H2,(H,22,24). The van der Waals surface area contributed by atoms with E-state index in [1.54, 1.807) is 0 Å². The van der Waals surface area contributed by atoms with Crippen molar-refractivity contribution in [1.29, 1.82) is 0 Å². The normalized spacial score (nSPS) is 25.8. The molecule has 3 rings (SSSR count). The first kappa shape index (κ1) is 17.7. The van der Waals surface area contributed by atoms with Crippen molar-refractivity contribution in [3.63, 3.8) is 0 Å². The van der Waals surface area contributed by atoms with Crippen LogP contribution in [-0.2, 0) is 11.3 Å². The van der Waals surface area contributed by atoms with Crippen LogP contribution in [0.3, 0.4) is 0 Å². The molecule has 1 heterocycles. The highest BCUT2D eigenvalue weighted by Crippen LogP contribution is 2.25. The monoisotopic (exact) mass is 349 g/mol. The highest BCUT2D eigenvalue weighted by Gasteiger charge is 2.28. The van der Waals surface area contributed by atoms with Crippen LogP contribution in [-0.4, -0.2) is 36.5 Å². The number of piperidine rings is 1. The number of rotatable bonds is 5. The smallest absolute Gasteiger partial charge is 0.223 e. The number of likely N-dealkylation sites (tertiary alicyclic amines) is 1. The van der Waals surface area contributed by atoms with Gasteiger partial charge in [-0.05, 0) is 62.7 Å². The van der Waals surface area contributed by atoms with Crippen LogP contribution in [0.4, 0.5) is 0 Å². The van der Waals surface area contributed by atoms with Gasteiger partial charge in [0.2, 0.25) is 5.91 Å². The molecule has 0 aromatic heterocycles. The fourth-order valence-electron chi connectivity index (χ4n) is 3.86. The molecule has 3 N–H and O–H groups in total. The van der Waals surface area contributed by atoms with Crippen molar-refractivity contribution in [3.05, 3.63) is 34.9 Å². The number of carbonyl (C=O) groups is 1. The van der Waals surface area contributed by atoms with E-state index in [0.717, 1.165) is 63.3 Å². The minimum Gasteiger partial charge on any atom is -0.356 e. The van der Waals surface area contributed by atoms with Crippen LogP contribution in [0.15, 0.2) is 24.3 Å². The fourth-order valence-corrected chi connectivity index (χ4v) is 4.06. The predicted molar refractivity (Wildman–Crippen MR) is 97.8 cm³/mol. The highest BCUT2D eigenvalue weighted by molar-refractivity contribution is 6.31. The van der Waals surface area contributed by atoms with Crippen molar-refractivity contribution in [1.82, 2.24) is 10.2 Å². The van der Waals surface area contributed by atoms with Crippen LogP contribution in [0.1, 0.15) is 37.7 Å². The molecule has 1 aromatic carbocycles. The van der Waals surface area contributed by atoms with Crippen LogP contribution in [0.2, 0.25) is 5.02 Å². The van der Waals surface area contributed by atoms with Gasteiger partial charge in [-0.25, -0.2) is 0 Å². The third-order valence-corrected chi connectivity index (χ3v) is 5.84. The van der Waals surface area contributed by atoms with E-state index in [1.165, 1.54) is 5.56 Å². The summed E-state index contributed by atoms with van der Waals surface area (Å²) in [7, 11) is 0. The summed E-state index contributed by atoms with van der Waals surface area (Å²) in [6, 6.07) is 8.28. The Balaban J connectivity index is 1.38. The van der Waals surface area contributed by atoms with Crippen molar-refractivity contribution in [3.8, 4) is 0 Å². The molecule has 1 saturated carbocycles. The Morgan fingerprint density at radius 1 is 1.21 bits per heavy atom. The van der Waals surface area contributed by atoms with Crippen LogP contribution >= 0.6 is 11.6 Å². The van der Waals surface area contributed by atoms with Gasteiger partial charge in [-0.3, -0.25) is 9.69 Å². The predicted octanol–water partition coefficient (Wildman–Crippen LogP) is 2.80. The number of halogens is 1. The maximum Gasteiger partial charge on any atom is 0.223 e. The quantitative estimate of drug-likeness (QED) is 0.859. The lowest BCUT2D eigenvalue weighted by Crippen LogP contribution is -2.39. The van der Waals surface area contributed by atoms with Gasteiger partial charge >= 0.3 is 0 Å². The molecule has 2 unspecified atom stereocenters. The van der Waals surface area contributed by atoms with Crippen molar-refractivity contribution < 1.29 is 4.79 Å². The van der Waals surface area contributed by atoms with Gasteiger partial charge in [0.1, 0.15) is 0 Å². The molecule has 5 heteroatoms. The molecule has 1 saturated heterocycles. The van der Waals surface area contributed by atoms with E-state index in [4.69, 9.17) is 17.3 Å². The first-order valence-electron chi connectivity index (χ1n) is 9.11. The van der Waals surface area contributed by atoms with Crippen molar-refractivity contribution in [2.24, 2.45) is 17.6 Å². The lowest BCUT2D eigenvalue weighted by Gasteiger charge is -2.32. The zero-order valence-corrected chi connectivity index (χ0v) is 15.0. The maximum atomic E-state index is 12.2. The average molecular weight is 350 g/mol. The molecule has 2 aliphatic rings. The zero-order chi connectivity index (χ0) is 16.9. The first-order chi connectivity index (χ1) is 11.6. The van der Waals surface area contributed by atoms with Crippen LogP contribution < -0.4 is 11.1 Å². The second-order valence-corrected chi connectivity index (χ2v) is 7.73. The number of nitrogens with zero attached hydrogens (tertiary/aromatic N) is 1. The Labute approximate surface area is 149 Å². The van der Waals surface area contributed by atoms with E-state index in [1.807, 2.05) is 18.2 Å². The summed E-state index contributed by atoms with van der Waals surface area (Å²) in [5, 5.41) is 4.00. The van der Waals surface area contributed by atoms with Gasteiger partial charge < -0.3 is 11.1 Å². The molecule has 0 radical (unpaired) electrons. The first-order valence-corrected chi connectivity index (χ1v) is 9.48. The van der Waals surface area contributed by atoms with Crippen molar-refractivity contribution in [2.75, 3.05) is 19.6 Å². The molecular formula is C19H28ClN3O. The Hall–Kier alpha value is -1.10. The Bertz CT molecular complexity index is 557. The van der Waals surface area contributed by atoms with Gasteiger partial charge in [-0.1, -0.05) is 29.8 Å². The minimum absolute atomic E-state index is 0.139. The number of amides is 1. The molecule has 4 nitrogen and oxygen atoms in total. The molecule has 24 heavy (non-hydrogen) atoms. The number of nitrogens with two attached hydrogens (primary N) is 1. The summed E-state index contributed by atoms with van der Waals surface area (Å²) in [5.41, 5.74) is 7.09. The molecule has 132 valence electrons. The summed E-state index contributed by atoms with van der Waals surface area (Å²) < 4.78 is 0. The van der Waals surface area contributed by atoms with Gasteiger partial charge in [0.25, 0.3) is 0 Å². The number of hydrogen-bond donors (Lipinski definition) is 2. The summed E-state index contributed by atoms with van der Waals surface area (Å²) >= 11 is 6.25. The zero-order valence-electron chi connectivity index (χ0n) is 14.2. The molecule has 2 atom stereocenters. The molecule has 0 spiro atoms. The van der Waals surface area contributed by atoms with Crippen molar-refractivity contribution >= 4 is 17.5 Å². The van der Waals surface area contributed by atoms with Crippen LogP contribution in [0.25, 0.3) is 0 Å². The van der Waals surface area contributed by atoms with Crippen molar-refractivity contribution in [2.45, 2.75) is 44.7 Å². The van der Waals surface area contributed by atoms with E-state index in [2.05, 4.69) is 16.3 Å². The summed E-state index contributed by atoms with van der Waals surface area (Å²) in [5.74, 6) is 0.938. The molecule has 1 aromatic rings. The molecule has 1 amide bonds. The molecule has 2 fully saturated rings. The van der Waals surface area contributed by atoms with E-state index >= 15 is 0 Å². The summed E-state index contributed by atoms with van der Waals surface area (Å²) in [6.45, 7) is 3.86. The average Bonchev–Trinajstić information content (AvgIpc) is 3.03. The second-order valence-electron chi connectivity index (χ2n) is 7.33. The maximum absolute atomic E-state index is 12.2. The van der Waals surface area contributed by atoms with E-state index in [-0.39, 0.29) is 17.9 Å². The fraction of sp³-hybridized carbons (Fsp3) is 0.632. The van der Waals surface area contributed by atoms with E-state index in [0.29, 0.717) is 5.92 Å². The number of hydrogen-bond acceptors (Lipinski definition) is 3. The lowest BCUT2D eigenvalue weighted by molar-refractivity contribution is -0.125.